The zero-order valence-corrected chi connectivity index (χ0v) is 16.6. The molecule has 1 aliphatic carbocycles. The summed E-state index contributed by atoms with van der Waals surface area (Å²) in [4.78, 5) is 25.8. The standard InChI is InChI=1S/C22H29N3O3/c1-15(26)7-6-10-17-16-8-2-4-11-21(16)13-22(14-23-20(27)24-22)28-19(21)18-9-3-5-12-25(17)18/h5,12H,2-4,6-11,13-14H2,1H3,(H2,23,24,27). The van der Waals surface area contributed by atoms with Crippen LogP contribution in [0.5, 0.6) is 0 Å². The van der Waals surface area contributed by atoms with Crippen LogP contribution in [0.3, 0.4) is 0 Å². The SMILES string of the molecule is CC(=O)CCCC1=C2CCCCC23CC2(CNC(=O)N2)OC3=C2CCC=CN12. The maximum Gasteiger partial charge on any atom is 0.318 e. The molecule has 0 aromatic carbocycles. The smallest absolute Gasteiger partial charge is 0.318 e. The monoisotopic (exact) mass is 383 g/mol. The van der Waals surface area contributed by atoms with Gasteiger partial charge in [-0.05, 0) is 57.4 Å². The Morgan fingerprint density at radius 1 is 1.32 bits per heavy atom. The number of nitrogens with one attached hydrogen (secondary N) is 2. The first-order chi connectivity index (χ1) is 13.5. The van der Waals surface area contributed by atoms with Crippen LogP contribution in [0.2, 0.25) is 0 Å². The van der Waals surface area contributed by atoms with Crippen molar-refractivity contribution >= 4 is 11.8 Å². The number of allylic oxidation sites excluding steroid dienone is 4. The molecular weight excluding hydrogens is 354 g/mol. The van der Waals surface area contributed by atoms with Crippen molar-refractivity contribution in [3.05, 3.63) is 35.0 Å². The summed E-state index contributed by atoms with van der Waals surface area (Å²) >= 11 is 0. The molecule has 6 nitrogen and oxygen atoms in total. The fraction of sp³-hybridized carbons (Fsp3) is 0.636. The van der Waals surface area contributed by atoms with Crippen LogP contribution in [0.4, 0.5) is 4.79 Å². The first-order valence-corrected chi connectivity index (χ1v) is 10.7. The zero-order valence-electron chi connectivity index (χ0n) is 16.6. The third-order valence-electron chi connectivity index (χ3n) is 6.99. The van der Waals surface area contributed by atoms with Crippen LogP contribution in [0.25, 0.3) is 0 Å². The maximum absolute atomic E-state index is 11.9. The van der Waals surface area contributed by atoms with Gasteiger partial charge in [-0.15, -0.1) is 0 Å². The number of rotatable bonds is 4. The van der Waals surface area contributed by atoms with Crippen molar-refractivity contribution in [2.75, 3.05) is 6.54 Å². The third-order valence-corrected chi connectivity index (χ3v) is 6.99. The number of ketones is 1. The minimum Gasteiger partial charge on any atom is -0.468 e. The molecule has 5 aliphatic rings. The summed E-state index contributed by atoms with van der Waals surface area (Å²) in [6, 6.07) is -0.135. The number of hydrogen-bond acceptors (Lipinski definition) is 4. The Hall–Kier alpha value is -2.24. The second kappa shape index (κ2) is 6.39. The first kappa shape index (κ1) is 17.8. The summed E-state index contributed by atoms with van der Waals surface area (Å²) in [6.07, 6.45) is 14.2. The molecule has 0 bridgehead atoms. The van der Waals surface area contributed by atoms with E-state index in [0.29, 0.717) is 13.0 Å². The molecule has 28 heavy (non-hydrogen) atoms. The predicted octanol–water partition coefficient (Wildman–Crippen LogP) is 3.82. The van der Waals surface area contributed by atoms with Gasteiger partial charge in [0.25, 0.3) is 0 Å². The summed E-state index contributed by atoms with van der Waals surface area (Å²) < 4.78 is 6.63. The first-order valence-electron chi connectivity index (χ1n) is 10.7. The van der Waals surface area contributed by atoms with Crippen LogP contribution in [0.1, 0.15) is 71.1 Å². The van der Waals surface area contributed by atoms with E-state index in [1.807, 2.05) is 0 Å². The van der Waals surface area contributed by atoms with Crippen molar-refractivity contribution < 1.29 is 14.3 Å². The van der Waals surface area contributed by atoms with Gasteiger partial charge in [0.2, 0.25) is 5.72 Å². The van der Waals surface area contributed by atoms with Crippen molar-refractivity contribution in [2.24, 2.45) is 5.41 Å². The molecule has 4 aliphatic heterocycles. The van der Waals surface area contributed by atoms with Crippen molar-refractivity contribution in [3.8, 4) is 0 Å². The molecular formula is C22H29N3O3. The number of ether oxygens (including phenoxy) is 1. The molecule has 2 atom stereocenters. The van der Waals surface area contributed by atoms with Crippen molar-refractivity contribution in [2.45, 2.75) is 76.9 Å². The van der Waals surface area contributed by atoms with Crippen LogP contribution in [-0.2, 0) is 9.53 Å². The molecule has 1 saturated carbocycles. The average molecular weight is 383 g/mol. The third kappa shape index (κ3) is 2.60. The Balaban J connectivity index is 1.59. The summed E-state index contributed by atoms with van der Waals surface area (Å²) in [7, 11) is 0. The van der Waals surface area contributed by atoms with Crippen LogP contribution >= 0.6 is 0 Å². The second-order valence-corrected chi connectivity index (χ2v) is 8.92. The number of hydrogen-bond donors (Lipinski definition) is 2. The van der Waals surface area contributed by atoms with Crippen LogP contribution < -0.4 is 10.6 Å². The molecule has 0 radical (unpaired) electrons. The highest BCUT2D eigenvalue weighted by molar-refractivity contribution is 5.77. The Morgan fingerprint density at radius 2 is 2.21 bits per heavy atom. The fourth-order valence-corrected chi connectivity index (χ4v) is 5.91. The number of fused-ring (bicyclic) bond motifs is 1. The van der Waals surface area contributed by atoms with Gasteiger partial charge in [-0.25, -0.2) is 4.79 Å². The van der Waals surface area contributed by atoms with E-state index in [2.05, 4.69) is 27.8 Å². The fourth-order valence-electron chi connectivity index (χ4n) is 5.91. The summed E-state index contributed by atoms with van der Waals surface area (Å²) in [5, 5.41) is 5.98. The minimum atomic E-state index is -0.621. The van der Waals surface area contributed by atoms with Gasteiger partial charge in [0.15, 0.2) is 0 Å². The molecule has 2 spiro atoms. The molecule has 6 heteroatoms. The molecule has 2 unspecified atom stereocenters. The van der Waals surface area contributed by atoms with E-state index in [-0.39, 0.29) is 17.2 Å². The van der Waals surface area contributed by atoms with E-state index in [4.69, 9.17) is 4.74 Å². The van der Waals surface area contributed by atoms with E-state index in [1.165, 1.54) is 29.8 Å². The summed E-state index contributed by atoms with van der Waals surface area (Å²) in [6.45, 7) is 2.20. The lowest BCUT2D eigenvalue weighted by atomic mass is 9.63. The van der Waals surface area contributed by atoms with Gasteiger partial charge in [-0.1, -0.05) is 12.5 Å². The van der Waals surface area contributed by atoms with E-state index >= 15 is 0 Å². The lowest BCUT2D eigenvalue weighted by molar-refractivity contribution is -0.117. The quantitative estimate of drug-likeness (QED) is 0.774. The Kier molecular flexibility index (Phi) is 4.07. The summed E-state index contributed by atoms with van der Waals surface area (Å²) in [5.41, 5.74) is 3.44. The average Bonchev–Trinajstić information content (AvgIpc) is 3.19. The highest BCUT2D eigenvalue weighted by atomic mass is 16.5. The number of carbonyl (C=O) groups excluding carboxylic acids is 2. The van der Waals surface area contributed by atoms with E-state index < -0.39 is 5.72 Å². The number of Topliss-reactive ketones (excluding diaryl/α,β-unsaturated/α-hetero) is 1. The number of nitrogens with zero attached hydrogens (tertiary/aromatic N) is 1. The second-order valence-electron chi connectivity index (χ2n) is 8.92. The van der Waals surface area contributed by atoms with Crippen molar-refractivity contribution in [1.82, 2.24) is 15.5 Å². The van der Waals surface area contributed by atoms with Gasteiger partial charge < -0.3 is 19.7 Å². The molecule has 2 saturated heterocycles. The molecule has 2 amide bonds. The highest BCUT2D eigenvalue weighted by Crippen LogP contribution is 2.62. The van der Waals surface area contributed by atoms with Gasteiger partial charge in [0, 0.05) is 24.7 Å². The van der Waals surface area contributed by atoms with E-state index in [1.54, 1.807) is 6.92 Å². The van der Waals surface area contributed by atoms with Gasteiger partial charge in [-0.2, -0.15) is 0 Å². The van der Waals surface area contributed by atoms with E-state index in [0.717, 1.165) is 50.7 Å². The summed E-state index contributed by atoms with van der Waals surface area (Å²) in [5.74, 6) is 1.36. The Morgan fingerprint density at radius 3 is 3.00 bits per heavy atom. The Labute approximate surface area is 166 Å². The number of urea groups is 1. The zero-order chi connectivity index (χ0) is 19.4. The van der Waals surface area contributed by atoms with Gasteiger partial charge >= 0.3 is 6.03 Å². The molecule has 150 valence electrons. The lowest BCUT2D eigenvalue weighted by Crippen LogP contribution is -2.44. The largest absolute Gasteiger partial charge is 0.468 e. The number of amides is 2. The molecule has 5 rings (SSSR count). The molecule has 0 aromatic heterocycles. The normalized spacial score (nSPS) is 33.3. The topological polar surface area (TPSA) is 70.7 Å². The van der Waals surface area contributed by atoms with Crippen molar-refractivity contribution in [3.63, 3.8) is 0 Å². The molecule has 3 fully saturated rings. The van der Waals surface area contributed by atoms with Crippen LogP contribution in [0.15, 0.2) is 35.0 Å². The van der Waals surface area contributed by atoms with Gasteiger partial charge in [-0.3, -0.25) is 5.32 Å². The minimum absolute atomic E-state index is 0.0832. The lowest BCUT2D eigenvalue weighted by Gasteiger charge is -2.46. The van der Waals surface area contributed by atoms with Crippen molar-refractivity contribution in [1.29, 1.82) is 0 Å². The van der Waals surface area contributed by atoms with Gasteiger partial charge in [0.1, 0.15) is 11.5 Å². The predicted molar refractivity (Wildman–Crippen MR) is 105 cm³/mol. The van der Waals surface area contributed by atoms with E-state index in [9.17, 15) is 9.59 Å². The maximum atomic E-state index is 11.9. The molecule has 4 heterocycles. The van der Waals surface area contributed by atoms with Gasteiger partial charge in [0.05, 0.1) is 17.7 Å². The molecule has 2 N–H and O–H groups in total. The van der Waals surface area contributed by atoms with Crippen LogP contribution in [0, 0.1) is 5.41 Å². The highest BCUT2D eigenvalue weighted by Gasteiger charge is 2.61. The number of carbonyl (C=O) groups is 2. The van der Waals surface area contributed by atoms with Crippen LogP contribution in [-0.4, -0.2) is 29.0 Å². The Bertz CT molecular complexity index is 827. The molecule has 0 aromatic rings.